The molecule has 1 amide bonds. The normalized spacial score (nSPS) is 14.1. The second kappa shape index (κ2) is 7.78. The monoisotopic (exact) mass is 424 g/mol. The number of ether oxygens (including phenoxy) is 1. The number of carbonyl (C=O) groups excluding carboxylic acids is 1. The number of nitro groups is 1. The summed E-state index contributed by atoms with van der Waals surface area (Å²) in [5.41, 5.74) is 3.78. The van der Waals surface area contributed by atoms with Gasteiger partial charge in [0.15, 0.2) is 9.84 Å². The number of benzene rings is 2. The van der Waals surface area contributed by atoms with Gasteiger partial charge in [0.05, 0.1) is 4.92 Å². The highest BCUT2D eigenvalue weighted by Crippen LogP contribution is 2.49. The van der Waals surface area contributed by atoms with E-state index < -0.39 is 48.3 Å². The number of nitro benzene ring substituents is 1. The number of carbonyl (C=O) groups is 1. The van der Waals surface area contributed by atoms with E-state index in [0.717, 1.165) is 24.3 Å². The van der Waals surface area contributed by atoms with E-state index in [-0.39, 0.29) is 11.3 Å². The first-order valence-electron chi connectivity index (χ1n) is 8.51. The lowest BCUT2D eigenvalue weighted by Crippen LogP contribution is -2.51. The fourth-order valence-corrected chi connectivity index (χ4v) is 5.67. The molecular formula is C19H21FN2O6S. The average Bonchev–Trinajstić information content (AvgIpc) is 2.61. The van der Waals surface area contributed by atoms with Crippen molar-refractivity contribution in [3.63, 3.8) is 0 Å². The molecule has 0 aromatic heterocycles. The number of halogens is 1. The quantitative estimate of drug-likeness (QED) is 0.558. The standard InChI is InChI=1S/C19H21FN2O6S/c1-18(2,3)19(12-28-17(21)23,13-8-10-14(11-9-13)22(24)25)29(26,27)16-7-5-4-6-15(16)20/h4-11H,12H2,1-3H3,(H2,21,23). The molecular weight excluding hydrogens is 403 g/mol. The number of hydrogen-bond donors (Lipinski definition) is 1. The van der Waals surface area contributed by atoms with Crippen molar-refractivity contribution in [1.29, 1.82) is 0 Å². The van der Waals surface area contributed by atoms with Crippen molar-refractivity contribution in [2.24, 2.45) is 11.1 Å². The smallest absolute Gasteiger partial charge is 0.404 e. The van der Waals surface area contributed by atoms with Crippen LogP contribution in [0.2, 0.25) is 0 Å². The van der Waals surface area contributed by atoms with Crippen LogP contribution in [0, 0.1) is 21.3 Å². The Hall–Kier alpha value is -3.01. The average molecular weight is 424 g/mol. The predicted octanol–water partition coefficient (Wildman–Crippen LogP) is 3.54. The van der Waals surface area contributed by atoms with E-state index in [2.05, 4.69) is 0 Å². The molecule has 0 saturated carbocycles. The fraction of sp³-hybridized carbons (Fsp3) is 0.316. The maximum Gasteiger partial charge on any atom is 0.404 e. The van der Waals surface area contributed by atoms with Gasteiger partial charge in [-0.25, -0.2) is 17.6 Å². The summed E-state index contributed by atoms with van der Waals surface area (Å²) in [5.74, 6) is -0.970. The van der Waals surface area contributed by atoms with Crippen LogP contribution in [0.1, 0.15) is 26.3 Å². The van der Waals surface area contributed by atoms with Crippen molar-refractivity contribution < 1.29 is 27.3 Å². The van der Waals surface area contributed by atoms with Crippen molar-refractivity contribution in [2.75, 3.05) is 6.61 Å². The zero-order valence-electron chi connectivity index (χ0n) is 16.1. The van der Waals surface area contributed by atoms with E-state index in [1.54, 1.807) is 20.8 Å². The van der Waals surface area contributed by atoms with E-state index in [1.165, 1.54) is 24.3 Å². The van der Waals surface area contributed by atoms with Crippen LogP contribution in [0.3, 0.4) is 0 Å². The number of hydrogen-bond acceptors (Lipinski definition) is 6. The molecule has 1 atom stereocenters. The molecule has 2 N–H and O–H groups in total. The van der Waals surface area contributed by atoms with Crippen molar-refractivity contribution >= 4 is 21.6 Å². The largest absolute Gasteiger partial charge is 0.448 e. The molecule has 156 valence electrons. The highest BCUT2D eigenvalue weighted by atomic mass is 32.2. The fourth-order valence-electron chi connectivity index (χ4n) is 3.24. The molecule has 0 saturated heterocycles. The molecule has 0 aliphatic rings. The lowest BCUT2D eigenvalue weighted by atomic mass is 9.76. The summed E-state index contributed by atoms with van der Waals surface area (Å²) in [6.45, 7) is 4.03. The lowest BCUT2D eigenvalue weighted by molar-refractivity contribution is -0.384. The summed E-state index contributed by atoms with van der Waals surface area (Å²) in [6.07, 6.45) is -1.20. The van der Waals surface area contributed by atoms with Crippen LogP contribution in [0.4, 0.5) is 14.9 Å². The third kappa shape index (κ3) is 3.93. The van der Waals surface area contributed by atoms with Crippen molar-refractivity contribution in [3.8, 4) is 0 Å². The maximum absolute atomic E-state index is 14.5. The number of rotatable bonds is 6. The molecule has 0 aliphatic carbocycles. The number of nitrogens with two attached hydrogens (primary N) is 1. The minimum absolute atomic E-state index is 0.0973. The van der Waals surface area contributed by atoms with Crippen LogP contribution in [0.25, 0.3) is 0 Å². The van der Waals surface area contributed by atoms with Gasteiger partial charge in [0, 0.05) is 12.1 Å². The van der Waals surface area contributed by atoms with Gasteiger partial charge in [-0.3, -0.25) is 10.1 Å². The Balaban J connectivity index is 2.87. The first kappa shape index (κ1) is 22.3. The highest BCUT2D eigenvalue weighted by molar-refractivity contribution is 7.92. The summed E-state index contributed by atoms with van der Waals surface area (Å²) in [7, 11) is -4.51. The van der Waals surface area contributed by atoms with Crippen LogP contribution in [0.5, 0.6) is 0 Å². The van der Waals surface area contributed by atoms with Gasteiger partial charge in [0.1, 0.15) is 22.1 Å². The molecule has 29 heavy (non-hydrogen) atoms. The van der Waals surface area contributed by atoms with Crippen LogP contribution < -0.4 is 5.73 Å². The van der Waals surface area contributed by atoms with Gasteiger partial charge in [-0.1, -0.05) is 45.0 Å². The number of amides is 1. The molecule has 10 heteroatoms. The molecule has 2 aromatic carbocycles. The van der Waals surface area contributed by atoms with Crippen LogP contribution in [0.15, 0.2) is 53.4 Å². The molecule has 0 spiro atoms. The van der Waals surface area contributed by atoms with Gasteiger partial charge in [-0.05, 0) is 23.1 Å². The molecule has 0 fully saturated rings. The molecule has 1 unspecified atom stereocenters. The van der Waals surface area contributed by atoms with Crippen LogP contribution >= 0.6 is 0 Å². The summed E-state index contributed by atoms with van der Waals surface area (Å²) < 4.78 is 44.9. The number of non-ortho nitro benzene ring substituents is 1. The van der Waals surface area contributed by atoms with Gasteiger partial charge in [-0.2, -0.15) is 0 Å². The minimum atomic E-state index is -4.51. The Labute approximate surface area is 167 Å². The van der Waals surface area contributed by atoms with Crippen LogP contribution in [-0.4, -0.2) is 26.0 Å². The Morgan fingerprint density at radius 2 is 1.69 bits per heavy atom. The second-order valence-corrected chi connectivity index (χ2v) is 9.57. The van der Waals surface area contributed by atoms with E-state index in [4.69, 9.17) is 10.5 Å². The summed E-state index contributed by atoms with van der Waals surface area (Å²) in [5, 5.41) is 11.0. The number of primary amides is 1. The number of nitrogens with zero attached hydrogens (tertiary/aromatic N) is 1. The molecule has 0 radical (unpaired) electrons. The lowest BCUT2D eigenvalue weighted by Gasteiger charge is -2.43. The maximum atomic E-state index is 14.5. The highest BCUT2D eigenvalue weighted by Gasteiger charge is 2.56. The zero-order valence-corrected chi connectivity index (χ0v) is 16.9. The third-order valence-electron chi connectivity index (χ3n) is 4.76. The van der Waals surface area contributed by atoms with Gasteiger partial charge >= 0.3 is 6.09 Å². The molecule has 0 aliphatic heterocycles. The number of sulfone groups is 1. The van der Waals surface area contributed by atoms with E-state index in [9.17, 15) is 27.7 Å². The Kier molecular flexibility index (Phi) is 5.98. The summed E-state index contributed by atoms with van der Waals surface area (Å²) in [6, 6.07) is 9.62. The molecule has 8 nitrogen and oxygen atoms in total. The van der Waals surface area contributed by atoms with Crippen molar-refractivity contribution in [2.45, 2.75) is 30.4 Å². The topological polar surface area (TPSA) is 130 Å². The Morgan fingerprint density at radius 1 is 1.14 bits per heavy atom. The first-order valence-corrected chi connectivity index (χ1v) is 9.99. The minimum Gasteiger partial charge on any atom is -0.448 e. The van der Waals surface area contributed by atoms with Gasteiger partial charge in [0.2, 0.25) is 0 Å². The van der Waals surface area contributed by atoms with Crippen molar-refractivity contribution in [1.82, 2.24) is 0 Å². The van der Waals surface area contributed by atoms with Crippen LogP contribution in [-0.2, 0) is 19.3 Å². The van der Waals surface area contributed by atoms with E-state index in [0.29, 0.717) is 0 Å². The zero-order chi connectivity index (χ0) is 22.0. The Bertz CT molecular complexity index is 1030. The summed E-state index contributed by atoms with van der Waals surface area (Å²) >= 11 is 0. The van der Waals surface area contributed by atoms with Crippen molar-refractivity contribution in [3.05, 3.63) is 70.0 Å². The summed E-state index contributed by atoms with van der Waals surface area (Å²) in [4.78, 5) is 21.1. The molecule has 0 bridgehead atoms. The molecule has 2 rings (SSSR count). The molecule has 0 heterocycles. The molecule has 2 aromatic rings. The predicted molar refractivity (Wildman–Crippen MR) is 103 cm³/mol. The van der Waals surface area contributed by atoms with Gasteiger partial charge in [0.25, 0.3) is 5.69 Å². The van der Waals surface area contributed by atoms with E-state index >= 15 is 0 Å². The van der Waals surface area contributed by atoms with Gasteiger partial charge < -0.3 is 10.5 Å². The third-order valence-corrected chi connectivity index (χ3v) is 7.55. The van der Waals surface area contributed by atoms with E-state index in [1.807, 2.05) is 0 Å². The first-order chi connectivity index (χ1) is 13.3. The van der Waals surface area contributed by atoms with Gasteiger partial charge in [-0.15, -0.1) is 0 Å². The SMILES string of the molecule is CC(C)(C)C(COC(N)=O)(c1ccc([N+](=O)[O-])cc1)S(=O)(=O)c1ccccc1F. The second-order valence-electron chi connectivity index (χ2n) is 7.42. The Morgan fingerprint density at radius 3 is 2.14 bits per heavy atom.